The smallest absolute Gasteiger partial charge is 0.295 e. The Morgan fingerprint density at radius 2 is 1.71 bits per heavy atom. The van der Waals surface area contributed by atoms with E-state index in [2.05, 4.69) is 0 Å². The van der Waals surface area contributed by atoms with Gasteiger partial charge in [-0.25, -0.2) is 8.78 Å². The van der Waals surface area contributed by atoms with Crippen LogP contribution in [0.4, 0.5) is 8.78 Å². The number of halogens is 2. The van der Waals surface area contributed by atoms with E-state index in [-0.39, 0.29) is 23.2 Å². The molecule has 0 bridgehead atoms. The molecule has 1 fully saturated rings. The first-order valence-corrected chi connectivity index (χ1v) is 9.24. The molecule has 146 valence electrons. The Morgan fingerprint density at radius 1 is 1.04 bits per heavy atom. The average Bonchev–Trinajstić information content (AvgIpc) is 2.93. The molecule has 0 radical (unpaired) electrons. The lowest BCUT2D eigenvalue weighted by Gasteiger charge is -2.25. The minimum absolute atomic E-state index is 0.141. The first-order valence-electron chi connectivity index (χ1n) is 9.24. The highest BCUT2D eigenvalue weighted by atomic mass is 19.1. The number of rotatable bonds is 6. The molecule has 0 aliphatic carbocycles. The predicted molar refractivity (Wildman–Crippen MR) is 101 cm³/mol. The van der Waals surface area contributed by atoms with E-state index in [9.17, 15) is 23.5 Å². The van der Waals surface area contributed by atoms with Crippen molar-refractivity contribution in [2.45, 2.75) is 32.2 Å². The zero-order chi connectivity index (χ0) is 20.3. The summed E-state index contributed by atoms with van der Waals surface area (Å²) >= 11 is 0. The standard InChI is InChI=1S/C22H21F2NO3/c1-2-3-6-13-25-19(16-7-4-5-8-17(16)24)18(21(27)22(25)28)20(26)14-9-11-15(23)12-10-14/h4-5,7-12,19,26H,2-3,6,13H2,1H3/b20-18-. The van der Waals surface area contributed by atoms with Crippen LogP contribution in [0.1, 0.15) is 43.4 Å². The fourth-order valence-electron chi connectivity index (χ4n) is 3.43. The molecule has 1 saturated heterocycles. The molecule has 0 spiro atoms. The van der Waals surface area contributed by atoms with Gasteiger partial charge >= 0.3 is 0 Å². The second-order valence-corrected chi connectivity index (χ2v) is 6.73. The van der Waals surface area contributed by atoms with E-state index < -0.39 is 35.1 Å². The normalized spacial score (nSPS) is 18.7. The van der Waals surface area contributed by atoms with Crippen LogP contribution in [-0.2, 0) is 9.59 Å². The van der Waals surface area contributed by atoms with Crippen molar-refractivity contribution in [3.8, 4) is 0 Å². The summed E-state index contributed by atoms with van der Waals surface area (Å²) in [5, 5.41) is 10.7. The van der Waals surface area contributed by atoms with Crippen molar-refractivity contribution < 1.29 is 23.5 Å². The molecular weight excluding hydrogens is 364 g/mol. The summed E-state index contributed by atoms with van der Waals surface area (Å²) in [6.45, 7) is 2.29. The van der Waals surface area contributed by atoms with Crippen LogP contribution in [0.3, 0.4) is 0 Å². The third-order valence-electron chi connectivity index (χ3n) is 4.86. The molecule has 3 rings (SSSR count). The Morgan fingerprint density at radius 3 is 2.36 bits per heavy atom. The number of Topliss-reactive ketones (excluding diaryl/α,β-unsaturated/α-hetero) is 1. The monoisotopic (exact) mass is 385 g/mol. The summed E-state index contributed by atoms with van der Waals surface area (Å²) in [6, 6.07) is 9.76. The number of aliphatic hydroxyl groups excluding tert-OH is 1. The Bertz CT molecular complexity index is 922. The lowest BCUT2D eigenvalue weighted by atomic mass is 9.95. The van der Waals surface area contributed by atoms with E-state index >= 15 is 0 Å². The highest BCUT2D eigenvalue weighted by Gasteiger charge is 2.46. The molecule has 1 aliphatic heterocycles. The Hall–Kier alpha value is -3.02. The lowest BCUT2D eigenvalue weighted by molar-refractivity contribution is -0.139. The topological polar surface area (TPSA) is 57.6 Å². The quantitative estimate of drug-likeness (QED) is 0.343. The van der Waals surface area contributed by atoms with Gasteiger partial charge in [-0.3, -0.25) is 9.59 Å². The molecule has 1 N–H and O–H groups in total. The van der Waals surface area contributed by atoms with Gasteiger partial charge in [0, 0.05) is 17.7 Å². The number of aliphatic hydroxyl groups is 1. The molecular formula is C22H21F2NO3. The van der Waals surface area contributed by atoms with Gasteiger partial charge in [0.05, 0.1) is 11.6 Å². The van der Waals surface area contributed by atoms with Crippen LogP contribution < -0.4 is 0 Å². The van der Waals surface area contributed by atoms with Gasteiger partial charge in [0.25, 0.3) is 11.7 Å². The number of nitrogens with zero attached hydrogens (tertiary/aromatic N) is 1. The van der Waals surface area contributed by atoms with Crippen LogP contribution in [0.5, 0.6) is 0 Å². The highest BCUT2D eigenvalue weighted by Crippen LogP contribution is 2.40. The van der Waals surface area contributed by atoms with Gasteiger partial charge in [-0.05, 0) is 36.8 Å². The molecule has 2 aromatic carbocycles. The molecule has 2 aromatic rings. The molecule has 1 unspecified atom stereocenters. The second-order valence-electron chi connectivity index (χ2n) is 6.73. The zero-order valence-corrected chi connectivity index (χ0v) is 15.5. The summed E-state index contributed by atoms with van der Waals surface area (Å²) in [5.41, 5.74) is 0.148. The maximum absolute atomic E-state index is 14.5. The van der Waals surface area contributed by atoms with Crippen LogP contribution in [0.2, 0.25) is 0 Å². The minimum Gasteiger partial charge on any atom is -0.507 e. The SMILES string of the molecule is CCCCCN1C(=O)C(=O)/C(=C(\O)c2ccc(F)cc2)C1c1ccccc1F. The van der Waals surface area contributed by atoms with Crippen LogP contribution in [0, 0.1) is 11.6 Å². The molecule has 28 heavy (non-hydrogen) atoms. The van der Waals surface area contributed by atoms with Gasteiger partial charge in [0.1, 0.15) is 17.4 Å². The van der Waals surface area contributed by atoms with Crippen LogP contribution in [0.25, 0.3) is 5.76 Å². The maximum atomic E-state index is 14.5. The number of unbranched alkanes of at least 4 members (excludes halogenated alkanes) is 2. The molecule has 0 aromatic heterocycles. The average molecular weight is 385 g/mol. The summed E-state index contributed by atoms with van der Waals surface area (Å²) in [4.78, 5) is 26.7. The van der Waals surface area contributed by atoms with Gasteiger partial charge in [0.2, 0.25) is 0 Å². The molecule has 1 heterocycles. The van der Waals surface area contributed by atoms with E-state index in [1.165, 1.54) is 35.2 Å². The Labute approximate surface area is 162 Å². The van der Waals surface area contributed by atoms with Crippen LogP contribution >= 0.6 is 0 Å². The number of likely N-dealkylation sites (tertiary alicyclic amines) is 1. The van der Waals surface area contributed by atoms with Crippen molar-refractivity contribution in [3.63, 3.8) is 0 Å². The first-order chi connectivity index (χ1) is 13.5. The largest absolute Gasteiger partial charge is 0.507 e. The number of ketones is 1. The van der Waals surface area contributed by atoms with E-state index in [0.717, 1.165) is 25.0 Å². The van der Waals surface area contributed by atoms with Crippen molar-refractivity contribution in [1.29, 1.82) is 0 Å². The minimum atomic E-state index is -1.02. The number of hydrogen-bond donors (Lipinski definition) is 1. The lowest BCUT2D eigenvalue weighted by Crippen LogP contribution is -2.31. The summed E-state index contributed by atoms with van der Waals surface area (Å²) < 4.78 is 27.8. The second kappa shape index (κ2) is 8.33. The van der Waals surface area contributed by atoms with Crippen molar-refractivity contribution in [1.82, 2.24) is 4.90 Å². The number of benzene rings is 2. The van der Waals surface area contributed by atoms with Gasteiger partial charge in [-0.1, -0.05) is 38.0 Å². The number of carbonyl (C=O) groups is 2. The van der Waals surface area contributed by atoms with E-state index in [4.69, 9.17) is 0 Å². The number of hydrogen-bond acceptors (Lipinski definition) is 3. The van der Waals surface area contributed by atoms with Gasteiger partial charge in [0.15, 0.2) is 0 Å². The fourth-order valence-corrected chi connectivity index (χ4v) is 3.43. The Kier molecular flexibility index (Phi) is 5.87. The van der Waals surface area contributed by atoms with Crippen molar-refractivity contribution in [3.05, 3.63) is 76.9 Å². The summed E-state index contributed by atoms with van der Waals surface area (Å²) in [5.74, 6) is -3.15. The summed E-state index contributed by atoms with van der Waals surface area (Å²) in [6.07, 6.45) is 2.43. The summed E-state index contributed by atoms with van der Waals surface area (Å²) in [7, 11) is 0. The fraction of sp³-hybridized carbons (Fsp3) is 0.273. The van der Waals surface area contributed by atoms with E-state index in [0.29, 0.717) is 6.42 Å². The van der Waals surface area contributed by atoms with Crippen LogP contribution in [-0.4, -0.2) is 28.2 Å². The molecule has 0 saturated carbocycles. The number of carbonyl (C=O) groups excluding carboxylic acids is 2. The predicted octanol–water partition coefficient (Wildman–Crippen LogP) is 4.58. The molecule has 4 nitrogen and oxygen atoms in total. The van der Waals surface area contributed by atoms with Crippen molar-refractivity contribution in [2.24, 2.45) is 0 Å². The highest BCUT2D eigenvalue weighted by molar-refractivity contribution is 6.46. The van der Waals surface area contributed by atoms with Gasteiger partial charge in [-0.15, -0.1) is 0 Å². The third kappa shape index (κ3) is 3.67. The third-order valence-corrected chi connectivity index (χ3v) is 4.86. The van der Waals surface area contributed by atoms with Gasteiger partial charge in [-0.2, -0.15) is 0 Å². The first kappa shape index (κ1) is 19.7. The van der Waals surface area contributed by atoms with Gasteiger partial charge < -0.3 is 10.0 Å². The molecule has 1 amide bonds. The Balaban J connectivity index is 2.14. The zero-order valence-electron chi connectivity index (χ0n) is 15.5. The molecule has 1 atom stereocenters. The van der Waals surface area contributed by atoms with E-state index in [1.807, 2.05) is 6.92 Å². The molecule has 6 heteroatoms. The van der Waals surface area contributed by atoms with E-state index in [1.54, 1.807) is 6.07 Å². The number of amides is 1. The van der Waals surface area contributed by atoms with Crippen LogP contribution in [0.15, 0.2) is 54.1 Å². The van der Waals surface area contributed by atoms with Crippen molar-refractivity contribution >= 4 is 17.4 Å². The van der Waals surface area contributed by atoms with Crippen molar-refractivity contribution in [2.75, 3.05) is 6.54 Å². The maximum Gasteiger partial charge on any atom is 0.295 e. The molecule has 1 aliphatic rings.